The van der Waals surface area contributed by atoms with Crippen LogP contribution in [0.5, 0.6) is 0 Å². The van der Waals surface area contributed by atoms with Gasteiger partial charge in [-0.05, 0) is 50.7 Å². The molecule has 2 saturated carbocycles. The summed E-state index contributed by atoms with van der Waals surface area (Å²) in [4.78, 5) is 4.14. The minimum Gasteiger partial charge on any atom is -0.383 e. The number of nitrogens with zero attached hydrogens (tertiary/aromatic N) is 2. The van der Waals surface area contributed by atoms with Crippen molar-refractivity contribution >= 4 is 15.7 Å². The van der Waals surface area contributed by atoms with E-state index in [1.807, 2.05) is 6.92 Å². The molecule has 1 aromatic heterocycles. The van der Waals surface area contributed by atoms with Gasteiger partial charge in [-0.15, -0.1) is 0 Å². The van der Waals surface area contributed by atoms with Crippen LogP contribution in [0, 0.1) is 5.92 Å². The molecule has 0 amide bonds. The third-order valence-electron chi connectivity index (χ3n) is 3.78. The van der Waals surface area contributed by atoms with Gasteiger partial charge in [0.2, 0.25) is 0 Å². The second kappa shape index (κ2) is 5.33. The molecule has 0 aliphatic heterocycles. The van der Waals surface area contributed by atoms with Gasteiger partial charge in [0.1, 0.15) is 0 Å². The molecule has 2 aliphatic rings. The summed E-state index contributed by atoms with van der Waals surface area (Å²) in [7, 11) is -3.49. The fourth-order valence-electron chi connectivity index (χ4n) is 2.39. The molecule has 0 radical (unpaired) electrons. The van der Waals surface area contributed by atoms with Crippen LogP contribution in [-0.2, 0) is 10.0 Å². The maximum Gasteiger partial charge on any atom is 0.262 e. The second-order valence-corrected chi connectivity index (χ2v) is 7.44. The summed E-state index contributed by atoms with van der Waals surface area (Å²) in [5.74, 6) is 0.552. The third kappa shape index (κ3) is 2.81. The van der Waals surface area contributed by atoms with E-state index in [0.717, 1.165) is 25.7 Å². The van der Waals surface area contributed by atoms with E-state index in [4.69, 9.17) is 0 Å². The molecule has 5 nitrogen and oxygen atoms in total. The molecule has 1 aromatic rings. The zero-order valence-electron chi connectivity index (χ0n) is 11.7. The van der Waals surface area contributed by atoms with Crippen LogP contribution in [0.3, 0.4) is 0 Å². The van der Waals surface area contributed by atoms with E-state index >= 15 is 0 Å². The molecule has 0 bridgehead atoms. The number of rotatable bonds is 7. The molecule has 0 unspecified atom stereocenters. The number of aromatic nitrogens is 1. The molecule has 1 N–H and O–H groups in total. The van der Waals surface area contributed by atoms with E-state index in [9.17, 15) is 8.42 Å². The molecule has 6 heteroatoms. The molecule has 2 fully saturated rings. The first-order chi connectivity index (χ1) is 9.63. The first-order valence-electron chi connectivity index (χ1n) is 7.33. The molecule has 110 valence electrons. The van der Waals surface area contributed by atoms with E-state index in [0.29, 0.717) is 24.7 Å². The standard InChI is InChI=1S/C14H21N3O2S/c1-2-15-13-4-3-9-16-14(13)20(18,19)17(12-7-8-12)10-11-5-6-11/h3-4,9,11-12,15H,2,5-8,10H2,1H3. The Bertz CT molecular complexity index is 580. The van der Waals surface area contributed by atoms with Crippen molar-refractivity contribution in [2.75, 3.05) is 18.4 Å². The van der Waals surface area contributed by atoms with Gasteiger partial charge >= 0.3 is 0 Å². The predicted molar refractivity (Wildman–Crippen MR) is 78.0 cm³/mol. The van der Waals surface area contributed by atoms with Crippen LogP contribution >= 0.6 is 0 Å². The van der Waals surface area contributed by atoms with Crippen LogP contribution in [0.2, 0.25) is 0 Å². The molecule has 2 aliphatic carbocycles. The Morgan fingerprint density at radius 1 is 1.35 bits per heavy atom. The molecule has 1 heterocycles. The summed E-state index contributed by atoms with van der Waals surface area (Å²) < 4.78 is 27.5. The Kier molecular flexibility index (Phi) is 3.69. The summed E-state index contributed by atoms with van der Waals surface area (Å²) in [6.45, 7) is 3.29. The van der Waals surface area contributed by atoms with Crippen LogP contribution in [0.25, 0.3) is 0 Å². The molecule has 0 atom stereocenters. The van der Waals surface area contributed by atoms with Crippen molar-refractivity contribution < 1.29 is 8.42 Å². The van der Waals surface area contributed by atoms with Crippen LogP contribution < -0.4 is 5.32 Å². The van der Waals surface area contributed by atoms with Gasteiger partial charge < -0.3 is 5.32 Å². The quantitative estimate of drug-likeness (QED) is 0.836. The highest BCUT2D eigenvalue weighted by Gasteiger charge is 2.42. The maximum atomic E-state index is 12.9. The molecule has 0 spiro atoms. The van der Waals surface area contributed by atoms with Crippen molar-refractivity contribution in [1.29, 1.82) is 0 Å². The van der Waals surface area contributed by atoms with Crippen LogP contribution in [0.15, 0.2) is 23.4 Å². The van der Waals surface area contributed by atoms with Crippen molar-refractivity contribution in [1.82, 2.24) is 9.29 Å². The smallest absolute Gasteiger partial charge is 0.262 e. The minimum atomic E-state index is -3.49. The predicted octanol–water partition coefficient (Wildman–Crippen LogP) is 2.08. The second-order valence-electron chi connectivity index (χ2n) is 5.64. The van der Waals surface area contributed by atoms with Crippen molar-refractivity contribution in [2.24, 2.45) is 5.92 Å². The van der Waals surface area contributed by atoms with E-state index in [1.165, 1.54) is 0 Å². The highest BCUT2D eigenvalue weighted by atomic mass is 32.2. The van der Waals surface area contributed by atoms with Crippen molar-refractivity contribution in [2.45, 2.75) is 43.7 Å². The molecular weight excluding hydrogens is 274 g/mol. The van der Waals surface area contributed by atoms with Crippen LogP contribution in [-0.4, -0.2) is 36.8 Å². The van der Waals surface area contributed by atoms with Gasteiger partial charge in [0.15, 0.2) is 5.03 Å². The lowest BCUT2D eigenvalue weighted by Crippen LogP contribution is -2.35. The average Bonchev–Trinajstić information content (AvgIpc) is 3.29. The van der Waals surface area contributed by atoms with Gasteiger partial charge in [0.05, 0.1) is 5.69 Å². The monoisotopic (exact) mass is 295 g/mol. The Labute approximate surface area is 120 Å². The van der Waals surface area contributed by atoms with E-state index in [2.05, 4.69) is 10.3 Å². The fraction of sp³-hybridized carbons (Fsp3) is 0.643. The SMILES string of the molecule is CCNc1cccnc1S(=O)(=O)N(CC1CC1)C1CC1. The zero-order chi connectivity index (χ0) is 14.2. The van der Waals surface area contributed by atoms with E-state index < -0.39 is 10.0 Å². The van der Waals surface area contributed by atoms with Crippen LogP contribution in [0.4, 0.5) is 5.69 Å². The number of pyridine rings is 1. The van der Waals surface area contributed by atoms with Gasteiger partial charge in [-0.3, -0.25) is 0 Å². The molecule has 20 heavy (non-hydrogen) atoms. The number of sulfonamides is 1. The topological polar surface area (TPSA) is 62.3 Å². The summed E-state index contributed by atoms with van der Waals surface area (Å²) in [5.41, 5.74) is 0.608. The Morgan fingerprint density at radius 2 is 2.10 bits per heavy atom. The lowest BCUT2D eigenvalue weighted by molar-refractivity contribution is 0.387. The van der Waals surface area contributed by atoms with Gasteiger partial charge in [-0.1, -0.05) is 0 Å². The van der Waals surface area contributed by atoms with Gasteiger partial charge in [-0.25, -0.2) is 13.4 Å². The van der Waals surface area contributed by atoms with Gasteiger partial charge in [0, 0.05) is 25.3 Å². The maximum absolute atomic E-state index is 12.9. The summed E-state index contributed by atoms with van der Waals surface area (Å²) in [6.07, 6.45) is 5.82. The Hall–Kier alpha value is -1.14. The Balaban J connectivity index is 1.92. The fourth-order valence-corrected chi connectivity index (χ4v) is 4.24. The molecular formula is C14H21N3O2S. The number of hydrogen-bond donors (Lipinski definition) is 1. The van der Waals surface area contributed by atoms with Crippen LogP contribution in [0.1, 0.15) is 32.6 Å². The minimum absolute atomic E-state index is 0.175. The van der Waals surface area contributed by atoms with Gasteiger partial charge in [0.25, 0.3) is 10.0 Å². The summed E-state index contributed by atoms with van der Waals surface area (Å²) in [6, 6.07) is 3.74. The molecule has 0 saturated heterocycles. The van der Waals surface area contributed by atoms with E-state index in [1.54, 1.807) is 22.6 Å². The number of nitrogens with one attached hydrogen (secondary N) is 1. The van der Waals surface area contributed by atoms with E-state index in [-0.39, 0.29) is 11.1 Å². The zero-order valence-corrected chi connectivity index (χ0v) is 12.6. The summed E-state index contributed by atoms with van der Waals surface area (Å²) in [5, 5.41) is 3.27. The normalized spacial score (nSPS) is 19.3. The third-order valence-corrected chi connectivity index (χ3v) is 5.66. The highest BCUT2D eigenvalue weighted by Crippen LogP contribution is 2.38. The number of hydrogen-bond acceptors (Lipinski definition) is 4. The van der Waals surface area contributed by atoms with Crippen molar-refractivity contribution in [3.05, 3.63) is 18.3 Å². The lowest BCUT2D eigenvalue weighted by Gasteiger charge is -2.22. The largest absolute Gasteiger partial charge is 0.383 e. The lowest BCUT2D eigenvalue weighted by atomic mass is 10.4. The Morgan fingerprint density at radius 3 is 2.70 bits per heavy atom. The van der Waals surface area contributed by atoms with Crippen molar-refractivity contribution in [3.63, 3.8) is 0 Å². The molecule has 0 aromatic carbocycles. The highest BCUT2D eigenvalue weighted by molar-refractivity contribution is 7.89. The number of anilines is 1. The first kappa shape index (κ1) is 13.8. The molecule has 3 rings (SSSR count). The summed E-state index contributed by atoms with van der Waals surface area (Å²) >= 11 is 0. The average molecular weight is 295 g/mol. The first-order valence-corrected chi connectivity index (χ1v) is 8.77. The van der Waals surface area contributed by atoms with Gasteiger partial charge in [-0.2, -0.15) is 4.31 Å². The van der Waals surface area contributed by atoms with Crippen molar-refractivity contribution in [3.8, 4) is 0 Å².